The number of ether oxygens (including phenoxy) is 1. The third-order valence-electron chi connectivity index (χ3n) is 5.06. The first-order valence-corrected chi connectivity index (χ1v) is 9.09. The lowest BCUT2D eigenvalue weighted by Crippen LogP contribution is -2.41. The van der Waals surface area contributed by atoms with Crippen molar-refractivity contribution in [1.29, 1.82) is 0 Å². The topological polar surface area (TPSA) is 64.0 Å². The van der Waals surface area contributed by atoms with Crippen LogP contribution in [0.2, 0.25) is 0 Å². The molecule has 1 atom stereocenters. The lowest BCUT2D eigenvalue weighted by molar-refractivity contribution is 0.415. The first kappa shape index (κ1) is 16.6. The molecule has 28 heavy (non-hydrogen) atoms. The highest BCUT2D eigenvalue weighted by Crippen LogP contribution is 2.38. The molecule has 2 heterocycles. The summed E-state index contributed by atoms with van der Waals surface area (Å²) in [5.41, 5.74) is 9.41. The van der Waals surface area contributed by atoms with Crippen molar-refractivity contribution in [3.8, 4) is 5.75 Å². The van der Waals surface area contributed by atoms with Gasteiger partial charge < -0.3 is 19.8 Å². The van der Waals surface area contributed by atoms with Crippen LogP contribution in [0.3, 0.4) is 0 Å². The average molecular weight is 369 g/mol. The maximum absolute atomic E-state index is 6.63. The number of nitrogens with two attached hydrogens (primary N) is 1. The summed E-state index contributed by atoms with van der Waals surface area (Å²) in [6, 6.07) is 24.2. The largest absolute Gasteiger partial charge is 0.497 e. The molecule has 138 valence electrons. The van der Waals surface area contributed by atoms with E-state index in [-0.39, 0.29) is 0 Å². The van der Waals surface area contributed by atoms with Crippen LogP contribution in [-0.2, 0) is 0 Å². The van der Waals surface area contributed by atoms with Gasteiger partial charge in [0, 0.05) is 11.3 Å². The van der Waals surface area contributed by atoms with Crippen molar-refractivity contribution < 1.29 is 9.15 Å². The van der Waals surface area contributed by atoms with Crippen LogP contribution in [0, 0.1) is 0 Å². The molecule has 5 rings (SSSR count). The summed E-state index contributed by atoms with van der Waals surface area (Å²) in [6.07, 6.45) is 1.23. The molecule has 0 saturated carbocycles. The number of hydrogen-bond acceptors (Lipinski definition) is 5. The normalized spacial score (nSPS) is 16.0. The van der Waals surface area contributed by atoms with Crippen molar-refractivity contribution in [2.24, 2.45) is 10.7 Å². The Morgan fingerprint density at radius 1 is 0.964 bits per heavy atom. The molecule has 0 aliphatic carbocycles. The minimum Gasteiger partial charge on any atom is -0.497 e. The molecule has 1 aliphatic heterocycles. The van der Waals surface area contributed by atoms with E-state index in [9.17, 15) is 0 Å². The van der Waals surface area contributed by atoms with Gasteiger partial charge in [-0.3, -0.25) is 0 Å². The van der Waals surface area contributed by atoms with Gasteiger partial charge in [-0.15, -0.1) is 0 Å². The highest BCUT2D eigenvalue weighted by Gasteiger charge is 2.31. The van der Waals surface area contributed by atoms with Gasteiger partial charge in [0.25, 0.3) is 0 Å². The van der Waals surface area contributed by atoms with Crippen LogP contribution in [0.4, 0.5) is 11.6 Å². The third kappa shape index (κ3) is 2.64. The number of furan rings is 1. The molecule has 1 aromatic heterocycles. The Morgan fingerprint density at radius 3 is 2.54 bits per heavy atom. The van der Waals surface area contributed by atoms with Crippen molar-refractivity contribution in [2.45, 2.75) is 6.17 Å². The van der Waals surface area contributed by atoms with Crippen LogP contribution >= 0.6 is 0 Å². The van der Waals surface area contributed by atoms with Gasteiger partial charge in [-0.05, 0) is 47.2 Å². The molecule has 0 bridgehead atoms. The number of benzene rings is 3. The van der Waals surface area contributed by atoms with Crippen LogP contribution in [0.15, 0.2) is 88.5 Å². The molecule has 2 N–H and O–H groups in total. The zero-order chi connectivity index (χ0) is 19.1. The molecule has 0 amide bonds. The van der Waals surface area contributed by atoms with Crippen molar-refractivity contribution in [2.75, 3.05) is 12.0 Å². The SMILES string of the molecule is COc1ccc(N2C(c3ccc4ccccc4c3)=Nc3occc3C2N)cc1. The van der Waals surface area contributed by atoms with Crippen LogP contribution in [-0.4, -0.2) is 12.9 Å². The summed E-state index contributed by atoms with van der Waals surface area (Å²) in [7, 11) is 1.65. The molecule has 1 unspecified atom stereocenters. The van der Waals surface area contributed by atoms with E-state index in [0.29, 0.717) is 5.88 Å². The highest BCUT2D eigenvalue weighted by molar-refractivity contribution is 6.13. The number of methoxy groups -OCH3 is 1. The van der Waals surface area contributed by atoms with E-state index >= 15 is 0 Å². The fourth-order valence-electron chi connectivity index (χ4n) is 3.61. The van der Waals surface area contributed by atoms with Crippen molar-refractivity contribution in [3.05, 3.63) is 90.2 Å². The molecular weight excluding hydrogens is 350 g/mol. The Morgan fingerprint density at radius 2 is 1.75 bits per heavy atom. The molecule has 3 aromatic carbocycles. The van der Waals surface area contributed by atoms with Gasteiger partial charge in [0.15, 0.2) is 0 Å². The van der Waals surface area contributed by atoms with Gasteiger partial charge >= 0.3 is 0 Å². The van der Waals surface area contributed by atoms with Crippen molar-refractivity contribution >= 4 is 28.2 Å². The number of fused-ring (bicyclic) bond motifs is 2. The zero-order valence-corrected chi connectivity index (χ0v) is 15.4. The summed E-state index contributed by atoms with van der Waals surface area (Å²) in [5, 5.41) is 2.33. The third-order valence-corrected chi connectivity index (χ3v) is 5.06. The van der Waals surface area contributed by atoms with E-state index in [1.165, 1.54) is 5.39 Å². The van der Waals surface area contributed by atoms with Crippen molar-refractivity contribution in [1.82, 2.24) is 0 Å². The molecule has 5 nitrogen and oxygen atoms in total. The highest BCUT2D eigenvalue weighted by atomic mass is 16.5. The van der Waals surface area contributed by atoms with Crippen LogP contribution in [0.5, 0.6) is 5.75 Å². The lowest BCUT2D eigenvalue weighted by atomic mass is 10.0. The number of anilines is 1. The summed E-state index contributed by atoms with van der Waals surface area (Å²) in [5.74, 6) is 2.11. The van der Waals surface area contributed by atoms with Gasteiger partial charge in [-0.25, -0.2) is 0 Å². The minimum absolute atomic E-state index is 0.402. The first-order valence-electron chi connectivity index (χ1n) is 9.09. The van der Waals surface area contributed by atoms with Crippen LogP contribution in [0.25, 0.3) is 10.8 Å². The maximum Gasteiger partial charge on any atom is 0.227 e. The fraction of sp³-hybridized carbons (Fsp3) is 0.0870. The van der Waals surface area contributed by atoms with Gasteiger partial charge in [0.2, 0.25) is 5.88 Å². The summed E-state index contributed by atoms with van der Waals surface area (Å²) < 4.78 is 10.9. The summed E-state index contributed by atoms with van der Waals surface area (Å²) in [6.45, 7) is 0. The van der Waals surface area contributed by atoms with Gasteiger partial charge in [-0.2, -0.15) is 4.99 Å². The molecule has 0 radical (unpaired) electrons. The Kier molecular flexibility index (Phi) is 3.88. The molecular formula is C23H19N3O2. The molecule has 0 saturated heterocycles. The van der Waals surface area contributed by atoms with E-state index in [1.54, 1.807) is 13.4 Å². The number of amidine groups is 1. The minimum atomic E-state index is -0.402. The fourth-order valence-corrected chi connectivity index (χ4v) is 3.61. The second-order valence-corrected chi connectivity index (χ2v) is 6.69. The van der Waals surface area contributed by atoms with Gasteiger partial charge in [0.05, 0.1) is 18.9 Å². The molecule has 4 aromatic rings. The quantitative estimate of drug-likeness (QED) is 0.552. The van der Waals surface area contributed by atoms with Gasteiger partial charge in [-0.1, -0.05) is 36.4 Å². The van der Waals surface area contributed by atoms with E-state index in [4.69, 9.17) is 19.9 Å². The van der Waals surface area contributed by atoms with Crippen LogP contribution in [0.1, 0.15) is 17.3 Å². The van der Waals surface area contributed by atoms with E-state index in [1.807, 2.05) is 47.4 Å². The Bertz CT molecular complexity index is 1180. The monoisotopic (exact) mass is 369 g/mol. The maximum atomic E-state index is 6.63. The number of rotatable bonds is 3. The number of nitrogens with zero attached hydrogens (tertiary/aromatic N) is 2. The Labute approximate surface area is 162 Å². The first-order chi connectivity index (χ1) is 13.7. The van der Waals surface area contributed by atoms with E-state index < -0.39 is 6.17 Å². The van der Waals surface area contributed by atoms with E-state index in [0.717, 1.165) is 33.8 Å². The standard InChI is InChI=1S/C23H19N3O2/c1-27-19-10-8-18(9-11-19)26-21(24)20-12-13-28-23(20)25-22(26)17-7-6-15-4-2-3-5-16(15)14-17/h2-14,21H,24H2,1H3. The summed E-state index contributed by atoms with van der Waals surface area (Å²) in [4.78, 5) is 6.83. The lowest BCUT2D eigenvalue weighted by Gasteiger charge is -2.34. The average Bonchev–Trinajstić information content (AvgIpc) is 3.23. The van der Waals surface area contributed by atoms with Crippen molar-refractivity contribution in [3.63, 3.8) is 0 Å². The second kappa shape index (κ2) is 6.55. The molecule has 0 fully saturated rings. The Hall–Kier alpha value is -3.57. The zero-order valence-electron chi connectivity index (χ0n) is 15.4. The van der Waals surface area contributed by atoms with E-state index in [2.05, 4.69) is 30.3 Å². The number of aliphatic imine (C=N–C) groups is 1. The number of hydrogen-bond donors (Lipinski definition) is 1. The summed E-state index contributed by atoms with van der Waals surface area (Å²) >= 11 is 0. The molecule has 5 heteroatoms. The smallest absolute Gasteiger partial charge is 0.227 e. The van der Waals surface area contributed by atoms with Crippen LogP contribution < -0.4 is 15.4 Å². The molecule has 0 spiro atoms. The van der Waals surface area contributed by atoms with Gasteiger partial charge in [0.1, 0.15) is 17.8 Å². The Balaban J connectivity index is 1.68. The second-order valence-electron chi connectivity index (χ2n) is 6.69. The predicted octanol–water partition coefficient (Wildman–Crippen LogP) is 5.00. The predicted molar refractivity (Wildman–Crippen MR) is 111 cm³/mol. The molecule has 1 aliphatic rings.